The van der Waals surface area contributed by atoms with Gasteiger partial charge in [0.25, 0.3) is 0 Å². The summed E-state index contributed by atoms with van der Waals surface area (Å²) in [5, 5.41) is 0. The predicted molar refractivity (Wildman–Crippen MR) is 52.9 cm³/mol. The molecule has 0 bridgehead atoms. The predicted octanol–water partition coefficient (Wildman–Crippen LogP) is 2.92. The number of hydrogen-bond donors (Lipinski definition) is 0. The van der Waals surface area contributed by atoms with Gasteiger partial charge in [0, 0.05) is 12.4 Å². The van der Waals surface area contributed by atoms with Crippen molar-refractivity contribution in [2.24, 2.45) is 5.92 Å². The van der Waals surface area contributed by atoms with E-state index < -0.39 is 0 Å². The Hall–Kier alpha value is -1.11. The molecule has 0 unspecified atom stereocenters. The van der Waals surface area contributed by atoms with Gasteiger partial charge in [0.1, 0.15) is 0 Å². The van der Waals surface area contributed by atoms with E-state index in [2.05, 4.69) is 25.4 Å². The van der Waals surface area contributed by atoms with Gasteiger partial charge in [-0.1, -0.05) is 26.5 Å². The topological polar surface area (TPSA) is 12.9 Å². The van der Waals surface area contributed by atoms with Crippen molar-refractivity contribution in [3.05, 3.63) is 36.2 Å². The lowest BCUT2D eigenvalue weighted by Crippen LogP contribution is -1.97. The van der Waals surface area contributed by atoms with Gasteiger partial charge >= 0.3 is 0 Å². The minimum absolute atomic E-state index is 0.674. The molecule has 1 nitrogen and oxygen atoms in total. The van der Waals surface area contributed by atoms with Crippen LogP contribution in [0.25, 0.3) is 6.08 Å². The van der Waals surface area contributed by atoms with Gasteiger partial charge in [-0.25, -0.2) is 0 Å². The van der Waals surface area contributed by atoms with Gasteiger partial charge in [-0.15, -0.1) is 0 Å². The Kier molecular flexibility index (Phi) is 3.03. The van der Waals surface area contributed by atoms with Crippen molar-refractivity contribution in [3.8, 4) is 0 Å². The molecule has 1 heteroatoms. The zero-order valence-electron chi connectivity index (χ0n) is 7.75. The molecule has 0 saturated carbocycles. The second kappa shape index (κ2) is 4.05. The Bertz CT molecular complexity index is 263. The molecule has 1 aromatic heterocycles. The van der Waals surface area contributed by atoms with Gasteiger partial charge in [0.05, 0.1) is 0 Å². The van der Waals surface area contributed by atoms with Crippen molar-refractivity contribution < 1.29 is 0 Å². The molecule has 0 aliphatic carbocycles. The average molecular weight is 161 g/mol. The fourth-order valence-corrected chi connectivity index (χ4v) is 1.25. The zero-order valence-corrected chi connectivity index (χ0v) is 7.75. The molecule has 0 fully saturated rings. The Morgan fingerprint density at radius 3 is 2.92 bits per heavy atom. The highest BCUT2D eigenvalue weighted by Gasteiger charge is 2.00. The van der Waals surface area contributed by atoms with E-state index in [1.54, 1.807) is 6.20 Å². The van der Waals surface area contributed by atoms with Crippen molar-refractivity contribution in [2.75, 3.05) is 0 Å². The third-order valence-corrected chi connectivity index (χ3v) is 1.79. The van der Waals surface area contributed by atoms with Crippen molar-refractivity contribution >= 4 is 6.08 Å². The van der Waals surface area contributed by atoms with Crippen molar-refractivity contribution in [1.82, 2.24) is 4.98 Å². The van der Waals surface area contributed by atoms with E-state index in [1.807, 2.05) is 18.3 Å². The molecule has 0 aromatic carbocycles. The molecular formula is C11H15N. The van der Waals surface area contributed by atoms with Crippen molar-refractivity contribution in [2.45, 2.75) is 20.3 Å². The Morgan fingerprint density at radius 2 is 2.33 bits per heavy atom. The Morgan fingerprint density at radius 1 is 1.58 bits per heavy atom. The summed E-state index contributed by atoms with van der Waals surface area (Å²) in [5.74, 6) is 0.674. The molecule has 0 aliphatic heterocycles. The summed E-state index contributed by atoms with van der Waals surface area (Å²) in [7, 11) is 0. The Labute approximate surface area is 74.2 Å². The van der Waals surface area contributed by atoms with E-state index >= 15 is 0 Å². The molecule has 0 saturated heterocycles. The Balaban J connectivity index is 2.89. The lowest BCUT2D eigenvalue weighted by atomic mass is 10.0. The maximum absolute atomic E-state index is 4.10. The monoisotopic (exact) mass is 161 g/mol. The highest BCUT2D eigenvalue weighted by atomic mass is 14.6. The molecule has 64 valence electrons. The van der Waals surface area contributed by atoms with Crippen LogP contribution in [0, 0.1) is 5.92 Å². The molecule has 0 spiro atoms. The molecule has 0 atom stereocenters. The fraction of sp³-hybridized carbons (Fsp3) is 0.364. The van der Waals surface area contributed by atoms with Gasteiger partial charge in [-0.2, -0.15) is 0 Å². The minimum atomic E-state index is 0.674. The van der Waals surface area contributed by atoms with Crippen LogP contribution in [0.1, 0.15) is 25.0 Å². The first-order valence-electron chi connectivity index (χ1n) is 4.29. The van der Waals surface area contributed by atoms with E-state index in [0.717, 1.165) is 6.42 Å². The highest BCUT2D eigenvalue weighted by molar-refractivity contribution is 5.50. The number of hydrogen-bond acceptors (Lipinski definition) is 1. The van der Waals surface area contributed by atoms with E-state index in [0.29, 0.717) is 5.92 Å². The van der Waals surface area contributed by atoms with E-state index in [9.17, 15) is 0 Å². The van der Waals surface area contributed by atoms with Crippen LogP contribution in [-0.4, -0.2) is 4.98 Å². The van der Waals surface area contributed by atoms with Crippen molar-refractivity contribution in [3.63, 3.8) is 0 Å². The maximum atomic E-state index is 4.10. The lowest BCUT2D eigenvalue weighted by Gasteiger charge is -2.06. The second-order valence-corrected chi connectivity index (χ2v) is 3.38. The van der Waals surface area contributed by atoms with Crippen molar-refractivity contribution in [1.29, 1.82) is 0 Å². The quantitative estimate of drug-likeness (QED) is 0.664. The summed E-state index contributed by atoms with van der Waals surface area (Å²) in [6.07, 6.45) is 6.70. The summed E-state index contributed by atoms with van der Waals surface area (Å²) < 4.78 is 0. The van der Waals surface area contributed by atoms with Gasteiger partial charge < -0.3 is 0 Å². The first-order chi connectivity index (χ1) is 5.74. The number of aromatic nitrogens is 1. The number of nitrogens with zero attached hydrogens (tertiary/aromatic N) is 1. The van der Waals surface area contributed by atoms with Gasteiger partial charge in [0.15, 0.2) is 0 Å². The summed E-state index contributed by atoms with van der Waals surface area (Å²) in [5.41, 5.74) is 2.50. The molecule has 0 amide bonds. The van der Waals surface area contributed by atoms with Crippen LogP contribution < -0.4 is 0 Å². The van der Waals surface area contributed by atoms with E-state index in [-0.39, 0.29) is 0 Å². The normalized spacial score (nSPS) is 10.2. The third-order valence-electron chi connectivity index (χ3n) is 1.79. The molecule has 1 aromatic rings. The average Bonchev–Trinajstić information content (AvgIpc) is 2.04. The molecule has 1 heterocycles. The maximum Gasteiger partial charge on any atom is 0.0305 e. The molecule has 0 aliphatic rings. The van der Waals surface area contributed by atoms with Crippen LogP contribution in [0.2, 0.25) is 0 Å². The van der Waals surface area contributed by atoms with Crippen LogP contribution in [0.3, 0.4) is 0 Å². The fourth-order valence-electron chi connectivity index (χ4n) is 1.25. The number of rotatable bonds is 3. The first-order valence-corrected chi connectivity index (χ1v) is 4.29. The lowest BCUT2D eigenvalue weighted by molar-refractivity contribution is 0.645. The van der Waals surface area contributed by atoms with Crippen LogP contribution in [0.5, 0.6) is 0 Å². The first kappa shape index (κ1) is 8.98. The standard InChI is InChI=1S/C11H15N/c1-4-10-5-6-12-8-11(10)7-9(2)3/h4-6,8-9H,1,7H2,2-3H3. The molecule has 0 N–H and O–H groups in total. The summed E-state index contributed by atoms with van der Waals surface area (Å²) in [4.78, 5) is 4.10. The van der Waals surface area contributed by atoms with Gasteiger partial charge in [-0.05, 0) is 29.5 Å². The molecule has 1 rings (SSSR count). The van der Waals surface area contributed by atoms with Crippen LogP contribution in [0.15, 0.2) is 25.0 Å². The minimum Gasteiger partial charge on any atom is -0.264 e. The second-order valence-electron chi connectivity index (χ2n) is 3.38. The summed E-state index contributed by atoms with van der Waals surface area (Å²) in [6, 6.07) is 2.00. The highest BCUT2D eigenvalue weighted by Crippen LogP contribution is 2.12. The van der Waals surface area contributed by atoms with Crippen LogP contribution in [0.4, 0.5) is 0 Å². The largest absolute Gasteiger partial charge is 0.264 e. The number of pyridine rings is 1. The SMILES string of the molecule is C=Cc1ccncc1CC(C)C. The summed E-state index contributed by atoms with van der Waals surface area (Å²) in [6.45, 7) is 8.19. The van der Waals surface area contributed by atoms with E-state index in [1.165, 1.54) is 11.1 Å². The van der Waals surface area contributed by atoms with E-state index in [4.69, 9.17) is 0 Å². The smallest absolute Gasteiger partial charge is 0.0305 e. The third kappa shape index (κ3) is 2.19. The molecular weight excluding hydrogens is 146 g/mol. The van der Waals surface area contributed by atoms with Crippen LogP contribution in [-0.2, 0) is 6.42 Å². The summed E-state index contributed by atoms with van der Waals surface area (Å²) >= 11 is 0. The molecule has 12 heavy (non-hydrogen) atoms. The zero-order chi connectivity index (χ0) is 8.97. The van der Waals surface area contributed by atoms with Gasteiger partial charge in [0.2, 0.25) is 0 Å². The van der Waals surface area contributed by atoms with Crippen LogP contribution >= 0.6 is 0 Å². The van der Waals surface area contributed by atoms with Gasteiger partial charge in [-0.3, -0.25) is 4.98 Å². The molecule has 0 radical (unpaired) electrons.